The third kappa shape index (κ3) is 3.04. The van der Waals surface area contributed by atoms with Crippen molar-refractivity contribution in [2.24, 2.45) is 0 Å². The highest BCUT2D eigenvalue weighted by atomic mass is 35.5. The Morgan fingerprint density at radius 3 is 2.74 bits per heavy atom. The van der Waals surface area contributed by atoms with Crippen molar-refractivity contribution in [1.29, 1.82) is 0 Å². The highest BCUT2D eigenvalue weighted by Gasteiger charge is 2.17. The van der Waals surface area contributed by atoms with Gasteiger partial charge in [-0.25, -0.2) is 13.5 Å². The smallest absolute Gasteiger partial charge is 0.257 e. The minimum absolute atomic E-state index is 0.180. The van der Waals surface area contributed by atoms with Gasteiger partial charge in [0, 0.05) is 18.6 Å². The van der Waals surface area contributed by atoms with Gasteiger partial charge in [0.05, 0.1) is 28.2 Å². The van der Waals surface area contributed by atoms with Crippen LogP contribution in [0.4, 0.5) is 14.5 Å². The molecule has 2 aromatic heterocycles. The molecular weight excluding hydrogens is 326 g/mol. The maximum atomic E-state index is 13.3. The van der Waals surface area contributed by atoms with E-state index >= 15 is 0 Å². The van der Waals surface area contributed by atoms with E-state index in [2.05, 4.69) is 15.4 Å². The lowest BCUT2D eigenvalue weighted by Crippen LogP contribution is -2.15. The number of benzene rings is 1. The average molecular weight is 335 g/mol. The first-order chi connectivity index (χ1) is 11.1. The summed E-state index contributed by atoms with van der Waals surface area (Å²) in [5, 5.41) is 6.45. The Morgan fingerprint density at radius 2 is 2.00 bits per heavy atom. The molecule has 116 valence electrons. The van der Waals surface area contributed by atoms with E-state index in [0.717, 1.165) is 12.1 Å². The van der Waals surface area contributed by atoms with Crippen molar-refractivity contribution in [2.45, 2.75) is 0 Å². The molecule has 0 aliphatic heterocycles. The maximum absolute atomic E-state index is 13.3. The Labute approximate surface area is 134 Å². The molecule has 3 aromatic rings. The summed E-state index contributed by atoms with van der Waals surface area (Å²) >= 11 is 5.80. The number of aromatic nitrogens is 3. The number of nitrogens with zero attached hydrogens (tertiary/aromatic N) is 3. The van der Waals surface area contributed by atoms with Gasteiger partial charge in [-0.3, -0.25) is 9.78 Å². The van der Waals surface area contributed by atoms with E-state index in [1.807, 2.05) is 0 Å². The zero-order chi connectivity index (χ0) is 16.4. The number of anilines is 1. The molecule has 8 heteroatoms. The molecule has 0 spiro atoms. The first-order valence-electron chi connectivity index (χ1n) is 6.46. The van der Waals surface area contributed by atoms with Crippen LogP contribution in [0.1, 0.15) is 10.4 Å². The number of nitrogens with one attached hydrogen (secondary N) is 1. The lowest BCUT2D eigenvalue weighted by molar-refractivity contribution is 0.102. The number of pyridine rings is 1. The SMILES string of the molecule is O=C(Nc1cnccc1-n1cccn1)c1cc(F)c(F)cc1Cl. The van der Waals surface area contributed by atoms with Crippen LogP contribution in [0.3, 0.4) is 0 Å². The molecule has 1 aromatic carbocycles. The molecule has 1 amide bonds. The van der Waals surface area contributed by atoms with Gasteiger partial charge in [0.1, 0.15) is 0 Å². The molecule has 0 saturated carbocycles. The van der Waals surface area contributed by atoms with Crippen molar-refractivity contribution in [3.63, 3.8) is 0 Å². The van der Waals surface area contributed by atoms with E-state index < -0.39 is 17.5 Å². The molecule has 0 fully saturated rings. The van der Waals surface area contributed by atoms with Crippen LogP contribution < -0.4 is 5.32 Å². The summed E-state index contributed by atoms with van der Waals surface area (Å²) in [6.07, 6.45) is 6.23. The zero-order valence-corrected chi connectivity index (χ0v) is 12.3. The number of halogens is 3. The minimum Gasteiger partial charge on any atom is -0.319 e. The van der Waals surface area contributed by atoms with Gasteiger partial charge in [0.2, 0.25) is 0 Å². The van der Waals surface area contributed by atoms with E-state index in [9.17, 15) is 13.6 Å². The lowest BCUT2D eigenvalue weighted by Gasteiger charge is -2.11. The highest BCUT2D eigenvalue weighted by Crippen LogP contribution is 2.23. The monoisotopic (exact) mass is 334 g/mol. The number of rotatable bonds is 3. The van der Waals surface area contributed by atoms with E-state index in [-0.39, 0.29) is 10.6 Å². The summed E-state index contributed by atoms with van der Waals surface area (Å²) in [7, 11) is 0. The number of amides is 1. The first kappa shape index (κ1) is 15.1. The number of hydrogen-bond acceptors (Lipinski definition) is 3. The van der Waals surface area contributed by atoms with Gasteiger partial charge < -0.3 is 5.32 Å². The summed E-state index contributed by atoms with van der Waals surface area (Å²) in [6.45, 7) is 0. The summed E-state index contributed by atoms with van der Waals surface area (Å²) in [5.41, 5.74) is 0.736. The van der Waals surface area contributed by atoms with E-state index in [4.69, 9.17) is 11.6 Å². The molecule has 23 heavy (non-hydrogen) atoms. The van der Waals surface area contributed by atoms with Crippen molar-refractivity contribution in [1.82, 2.24) is 14.8 Å². The molecule has 5 nitrogen and oxygen atoms in total. The van der Waals surface area contributed by atoms with Gasteiger partial charge in [-0.2, -0.15) is 5.10 Å². The van der Waals surface area contributed by atoms with E-state index in [1.54, 1.807) is 24.5 Å². The lowest BCUT2D eigenvalue weighted by atomic mass is 10.2. The quantitative estimate of drug-likeness (QED) is 0.746. The number of carbonyl (C=O) groups is 1. The second-order valence-electron chi connectivity index (χ2n) is 4.54. The van der Waals surface area contributed by atoms with E-state index in [0.29, 0.717) is 11.4 Å². The summed E-state index contributed by atoms with van der Waals surface area (Å²) in [5.74, 6) is -2.96. The van der Waals surface area contributed by atoms with Gasteiger partial charge in [0.15, 0.2) is 11.6 Å². The first-order valence-corrected chi connectivity index (χ1v) is 6.84. The predicted octanol–water partition coefficient (Wildman–Crippen LogP) is 3.45. The Balaban J connectivity index is 1.94. The summed E-state index contributed by atoms with van der Waals surface area (Å²) in [6, 6.07) is 4.87. The standard InChI is InChI=1S/C15H9ClF2N4O/c16-10-7-12(18)11(17)6-9(10)15(23)21-13-8-19-4-2-14(13)22-5-1-3-20-22/h1-8H,(H,21,23). The third-order valence-corrected chi connectivity index (χ3v) is 3.36. The van der Waals surface area contributed by atoms with Crippen LogP contribution in [-0.4, -0.2) is 20.7 Å². The normalized spacial score (nSPS) is 10.6. The van der Waals surface area contributed by atoms with Crippen LogP contribution in [0.15, 0.2) is 49.1 Å². The van der Waals surface area contributed by atoms with Gasteiger partial charge in [-0.15, -0.1) is 0 Å². The van der Waals surface area contributed by atoms with E-state index in [1.165, 1.54) is 17.1 Å². The fraction of sp³-hybridized carbons (Fsp3) is 0. The molecule has 1 N–H and O–H groups in total. The average Bonchev–Trinajstić information content (AvgIpc) is 3.05. The van der Waals surface area contributed by atoms with Crippen LogP contribution in [0, 0.1) is 11.6 Å². The van der Waals surface area contributed by atoms with Crippen molar-refractivity contribution < 1.29 is 13.6 Å². The Bertz CT molecular complexity index is 868. The van der Waals surface area contributed by atoms with Crippen LogP contribution in [-0.2, 0) is 0 Å². The fourth-order valence-electron chi connectivity index (χ4n) is 1.98. The van der Waals surface area contributed by atoms with Crippen LogP contribution in [0.2, 0.25) is 5.02 Å². The fourth-order valence-corrected chi connectivity index (χ4v) is 2.22. The van der Waals surface area contributed by atoms with Crippen LogP contribution in [0.25, 0.3) is 5.69 Å². The Morgan fingerprint density at radius 1 is 1.22 bits per heavy atom. The second kappa shape index (κ2) is 6.13. The minimum atomic E-state index is -1.15. The summed E-state index contributed by atoms with van der Waals surface area (Å²) in [4.78, 5) is 16.2. The van der Waals surface area contributed by atoms with Crippen LogP contribution >= 0.6 is 11.6 Å². The maximum Gasteiger partial charge on any atom is 0.257 e. The zero-order valence-electron chi connectivity index (χ0n) is 11.5. The van der Waals surface area contributed by atoms with Crippen LogP contribution in [0.5, 0.6) is 0 Å². The second-order valence-corrected chi connectivity index (χ2v) is 4.95. The Hall–Kier alpha value is -2.80. The number of hydrogen-bond donors (Lipinski definition) is 1. The molecule has 0 aliphatic carbocycles. The third-order valence-electron chi connectivity index (χ3n) is 3.05. The molecule has 0 saturated heterocycles. The topological polar surface area (TPSA) is 59.8 Å². The molecule has 0 unspecified atom stereocenters. The van der Waals surface area contributed by atoms with Gasteiger partial charge in [-0.1, -0.05) is 11.6 Å². The molecule has 2 heterocycles. The molecule has 0 aliphatic rings. The predicted molar refractivity (Wildman–Crippen MR) is 80.7 cm³/mol. The highest BCUT2D eigenvalue weighted by molar-refractivity contribution is 6.34. The van der Waals surface area contributed by atoms with Crippen molar-refractivity contribution in [3.05, 3.63) is 71.3 Å². The van der Waals surface area contributed by atoms with Gasteiger partial charge >= 0.3 is 0 Å². The molecule has 0 atom stereocenters. The largest absolute Gasteiger partial charge is 0.319 e. The van der Waals surface area contributed by atoms with Gasteiger partial charge in [0.25, 0.3) is 5.91 Å². The molecule has 0 radical (unpaired) electrons. The Kier molecular flexibility index (Phi) is 4.03. The van der Waals surface area contributed by atoms with Crippen molar-refractivity contribution in [2.75, 3.05) is 5.32 Å². The molecule has 0 bridgehead atoms. The summed E-state index contributed by atoms with van der Waals surface area (Å²) < 4.78 is 27.9. The number of carbonyl (C=O) groups excluding carboxylic acids is 1. The molecular formula is C15H9ClF2N4O. The van der Waals surface area contributed by atoms with Gasteiger partial charge in [-0.05, 0) is 24.3 Å². The molecule has 3 rings (SSSR count). The van der Waals surface area contributed by atoms with Crippen molar-refractivity contribution >= 4 is 23.2 Å². The van der Waals surface area contributed by atoms with Crippen molar-refractivity contribution in [3.8, 4) is 5.69 Å².